The molecule has 39 heavy (non-hydrogen) atoms. The molecule has 0 bridgehead atoms. The SMILES string of the molecule is CC(C)(C)OC(=O)N1CC2(CCN(c3nc(Cl)nnc3Oc3ccc(F)cc3-c3cncnc3C3CC3)C2)C1. The summed E-state index contributed by atoms with van der Waals surface area (Å²) in [4.78, 5) is 29.3. The zero-order chi connectivity index (χ0) is 27.4. The molecule has 0 radical (unpaired) electrons. The lowest BCUT2D eigenvalue weighted by molar-refractivity contribution is -0.0266. The fraction of sp³-hybridized carbons (Fsp3) is 0.481. The first-order valence-electron chi connectivity index (χ1n) is 13.0. The monoisotopic (exact) mass is 553 g/mol. The number of rotatable bonds is 5. The fourth-order valence-corrected chi connectivity index (χ4v) is 5.41. The predicted molar refractivity (Wildman–Crippen MR) is 141 cm³/mol. The van der Waals surface area contributed by atoms with Gasteiger partial charge in [0.15, 0.2) is 5.82 Å². The van der Waals surface area contributed by atoms with Crippen LogP contribution in [0.2, 0.25) is 5.28 Å². The number of amides is 1. The van der Waals surface area contributed by atoms with Crippen molar-refractivity contribution in [2.75, 3.05) is 31.1 Å². The van der Waals surface area contributed by atoms with E-state index >= 15 is 0 Å². The van der Waals surface area contributed by atoms with Crippen LogP contribution >= 0.6 is 11.6 Å². The third kappa shape index (κ3) is 5.32. The van der Waals surface area contributed by atoms with E-state index in [9.17, 15) is 9.18 Å². The average molecular weight is 554 g/mol. The van der Waals surface area contributed by atoms with Crippen molar-refractivity contribution >= 4 is 23.5 Å². The summed E-state index contributed by atoms with van der Waals surface area (Å²) < 4.78 is 26.2. The largest absolute Gasteiger partial charge is 0.444 e. The second-order valence-corrected chi connectivity index (χ2v) is 11.9. The topological polar surface area (TPSA) is 106 Å². The molecule has 3 fully saturated rings. The molecule has 2 saturated heterocycles. The van der Waals surface area contributed by atoms with Crippen molar-refractivity contribution in [3.63, 3.8) is 0 Å². The summed E-state index contributed by atoms with van der Waals surface area (Å²) in [5, 5.41) is 8.10. The molecule has 204 valence electrons. The minimum absolute atomic E-state index is 0.00546. The summed E-state index contributed by atoms with van der Waals surface area (Å²) in [6.07, 6.45) is 5.83. The first kappa shape index (κ1) is 25.7. The molecule has 3 aliphatic rings. The van der Waals surface area contributed by atoms with Crippen molar-refractivity contribution in [3.8, 4) is 22.8 Å². The Morgan fingerprint density at radius 2 is 1.95 bits per heavy atom. The summed E-state index contributed by atoms with van der Waals surface area (Å²) in [6, 6.07) is 4.31. The normalized spacial score (nSPS) is 18.3. The third-order valence-corrected chi connectivity index (χ3v) is 7.36. The van der Waals surface area contributed by atoms with Crippen LogP contribution in [0, 0.1) is 11.2 Å². The van der Waals surface area contributed by atoms with Crippen LogP contribution in [0.15, 0.2) is 30.7 Å². The van der Waals surface area contributed by atoms with E-state index in [0.717, 1.165) is 30.5 Å². The molecule has 3 aromatic rings. The second-order valence-electron chi connectivity index (χ2n) is 11.6. The van der Waals surface area contributed by atoms with Crippen LogP contribution < -0.4 is 9.64 Å². The summed E-state index contributed by atoms with van der Waals surface area (Å²) in [5.41, 5.74) is 1.52. The first-order chi connectivity index (χ1) is 18.6. The predicted octanol–water partition coefficient (Wildman–Crippen LogP) is 5.24. The Balaban J connectivity index is 1.24. The van der Waals surface area contributed by atoms with Gasteiger partial charge in [-0.15, -0.1) is 10.2 Å². The van der Waals surface area contributed by atoms with Gasteiger partial charge in [0, 0.05) is 54.8 Å². The van der Waals surface area contributed by atoms with Gasteiger partial charge < -0.3 is 19.3 Å². The maximum absolute atomic E-state index is 14.4. The fourth-order valence-electron chi connectivity index (χ4n) is 5.29. The van der Waals surface area contributed by atoms with E-state index in [1.54, 1.807) is 17.2 Å². The lowest BCUT2D eigenvalue weighted by Crippen LogP contribution is -2.60. The molecule has 1 amide bonds. The molecule has 12 heteroatoms. The van der Waals surface area contributed by atoms with Crippen molar-refractivity contribution in [2.45, 2.75) is 51.6 Å². The summed E-state index contributed by atoms with van der Waals surface area (Å²) in [7, 11) is 0. The van der Waals surface area contributed by atoms with Crippen LogP contribution in [0.3, 0.4) is 0 Å². The number of aromatic nitrogens is 5. The van der Waals surface area contributed by atoms with Gasteiger partial charge in [-0.2, -0.15) is 4.98 Å². The Hall–Kier alpha value is -3.60. The molecule has 0 unspecified atom stereocenters. The number of benzene rings is 1. The molecular formula is C27H29ClFN7O3. The molecule has 2 aromatic heterocycles. The molecule has 10 nitrogen and oxygen atoms in total. The lowest BCUT2D eigenvalue weighted by Gasteiger charge is -2.47. The highest BCUT2D eigenvalue weighted by molar-refractivity contribution is 6.28. The number of halogens is 2. The van der Waals surface area contributed by atoms with E-state index < -0.39 is 11.4 Å². The van der Waals surface area contributed by atoms with E-state index in [4.69, 9.17) is 21.1 Å². The zero-order valence-corrected chi connectivity index (χ0v) is 22.8. The van der Waals surface area contributed by atoms with Crippen molar-refractivity contribution in [1.82, 2.24) is 30.0 Å². The van der Waals surface area contributed by atoms with Gasteiger partial charge in [-0.05, 0) is 69.8 Å². The Morgan fingerprint density at radius 3 is 2.69 bits per heavy atom. The highest BCUT2D eigenvalue weighted by Crippen LogP contribution is 2.46. The van der Waals surface area contributed by atoms with Crippen LogP contribution in [0.5, 0.6) is 11.6 Å². The number of hydrogen-bond acceptors (Lipinski definition) is 9. The van der Waals surface area contributed by atoms with Gasteiger partial charge in [0.05, 0.1) is 5.69 Å². The van der Waals surface area contributed by atoms with Gasteiger partial charge in [-0.1, -0.05) is 0 Å². The van der Waals surface area contributed by atoms with E-state index in [1.807, 2.05) is 25.7 Å². The number of anilines is 1. The molecule has 1 aromatic carbocycles. The standard InChI is InChI=1S/C27H29ClFN7O3/c1-26(2,3)39-25(37)36-13-27(14-36)8-9-35(12-27)22-23(33-34-24(28)32-22)38-20-7-6-17(29)10-18(20)19-11-30-15-31-21(19)16-4-5-16/h6-7,10-11,15-16H,4-5,8-9,12-14H2,1-3H3. The number of hydrogen-bond donors (Lipinski definition) is 0. The highest BCUT2D eigenvalue weighted by Gasteiger charge is 2.51. The van der Waals surface area contributed by atoms with Crippen LogP contribution in [0.4, 0.5) is 15.0 Å². The van der Waals surface area contributed by atoms with Gasteiger partial charge >= 0.3 is 6.09 Å². The molecule has 0 N–H and O–H groups in total. The van der Waals surface area contributed by atoms with Crippen LogP contribution in [-0.2, 0) is 4.74 Å². The Kier molecular flexibility index (Phi) is 6.28. The Morgan fingerprint density at radius 1 is 1.15 bits per heavy atom. The first-order valence-corrected chi connectivity index (χ1v) is 13.4. The summed E-state index contributed by atoms with van der Waals surface area (Å²) in [5.74, 6) is 0.933. The molecule has 0 atom stereocenters. The Labute approximate surface area is 230 Å². The average Bonchev–Trinajstić information content (AvgIpc) is 3.61. The number of carbonyl (C=O) groups is 1. The van der Waals surface area contributed by atoms with Crippen molar-refractivity contribution < 1.29 is 18.7 Å². The maximum atomic E-state index is 14.4. The zero-order valence-electron chi connectivity index (χ0n) is 22.0. The summed E-state index contributed by atoms with van der Waals surface area (Å²) in [6.45, 7) is 8.09. The number of nitrogens with zero attached hydrogens (tertiary/aromatic N) is 7. The van der Waals surface area contributed by atoms with Gasteiger partial charge in [-0.3, -0.25) is 0 Å². The quantitative estimate of drug-likeness (QED) is 0.419. The second kappa shape index (κ2) is 9.55. The van der Waals surface area contributed by atoms with Crippen LogP contribution in [0.25, 0.3) is 11.1 Å². The number of ether oxygens (including phenoxy) is 2. The molecule has 1 spiro atoms. The van der Waals surface area contributed by atoms with Crippen LogP contribution in [0.1, 0.15) is 51.6 Å². The molecular weight excluding hydrogens is 525 g/mol. The van der Waals surface area contributed by atoms with E-state index in [-0.39, 0.29) is 22.7 Å². The number of likely N-dealkylation sites (tertiary alicyclic amines) is 1. The van der Waals surface area contributed by atoms with Crippen molar-refractivity contribution in [2.24, 2.45) is 5.41 Å². The van der Waals surface area contributed by atoms with Crippen molar-refractivity contribution in [3.05, 3.63) is 47.5 Å². The smallest absolute Gasteiger partial charge is 0.410 e. The lowest BCUT2D eigenvalue weighted by atomic mass is 9.79. The van der Waals surface area contributed by atoms with Crippen molar-refractivity contribution in [1.29, 1.82) is 0 Å². The highest BCUT2D eigenvalue weighted by atomic mass is 35.5. The summed E-state index contributed by atoms with van der Waals surface area (Å²) >= 11 is 6.15. The minimum Gasteiger partial charge on any atom is -0.444 e. The van der Waals surface area contributed by atoms with Gasteiger partial charge in [0.2, 0.25) is 5.28 Å². The van der Waals surface area contributed by atoms with Crippen LogP contribution in [-0.4, -0.2) is 67.9 Å². The molecule has 6 rings (SSSR count). The van der Waals surface area contributed by atoms with E-state index in [0.29, 0.717) is 49.2 Å². The minimum atomic E-state index is -0.540. The molecule has 4 heterocycles. The van der Waals surface area contributed by atoms with E-state index in [1.165, 1.54) is 18.5 Å². The van der Waals surface area contributed by atoms with Gasteiger partial charge in [0.25, 0.3) is 5.88 Å². The molecule has 2 aliphatic heterocycles. The third-order valence-electron chi connectivity index (χ3n) is 7.20. The Bertz CT molecular complexity index is 1420. The molecule has 1 saturated carbocycles. The number of carbonyl (C=O) groups excluding carboxylic acids is 1. The van der Waals surface area contributed by atoms with Gasteiger partial charge in [-0.25, -0.2) is 19.2 Å². The maximum Gasteiger partial charge on any atom is 0.410 e. The van der Waals surface area contributed by atoms with Gasteiger partial charge in [0.1, 0.15) is 23.5 Å². The van der Waals surface area contributed by atoms with E-state index in [2.05, 4.69) is 25.1 Å². The molecule has 1 aliphatic carbocycles.